The number of nitrogens with one attached hydrogen (secondary N) is 1. The van der Waals surface area contributed by atoms with E-state index in [0.717, 1.165) is 31.6 Å². The van der Waals surface area contributed by atoms with E-state index in [0.29, 0.717) is 29.3 Å². The van der Waals surface area contributed by atoms with Crippen molar-refractivity contribution in [1.82, 2.24) is 9.88 Å². The molecule has 0 radical (unpaired) electrons. The Balaban J connectivity index is 1.96. The molecule has 0 spiro atoms. The summed E-state index contributed by atoms with van der Waals surface area (Å²) in [5.41, 5.74) is 1.68. The van der Waals surface area contributed by atoms with Gasteiger partial charge in [-0.15, -0.1) is 0 Å². The van der Waals surface area contributed by atoms with Crippen molar-refractivity contribution in [3.63, 3.8) is 0 Å². The molecule has 154 valence electrons. The number of nitrogens with zero attached hydrogens (tertiary/aromatic N) is 1. The maximum absolute atomic E-state index is 12.7. The van der Waals surface area contributed by atoms with Gasteiger partial charge in [0.2, 0.25) is 0 Å². The van der Waals surface area contributed by atoms with Crippen LogP contribution < -0.4 is 14.9 Å². The molecule has 0 fully saturated rings. The lowest BCUT2D eigenvalue weighted by Crippen LogP contribution is -2.25. The Morgan fingerprint density at radius 3 is 2.48 bits per heavy atom. The van der Waals surface area contributed by atoms with E-state index in [2.05, 4.69) is 23.7 Å². The fourth-order valence-corrected chi connectivity index (χ4v) is 3.46. The minimum atomic E-state index is -0.276. The summed E-state index contributed by atoms with van der Waals surface area (Å²) in [4.78, 5) is 18.3. The predicted molar refractivity (Wildman–Crippen MR) is 116 cm³/mol. The lowest BCUT2D eigenvalue weighted by Gasteiger charge is -2.18. The van der Waals surface area contributed by atoms with Crippen molar-refractivity contribution in [2.75, 3.05) is 33.4 Å². The smallest absolute Gasteiger partial charge is 0.193 e. The lowest BCUT2D eigenvalue weighted by atomic mass is 10.1. The third kappa shape index (κ3) is 4.54. The number of phenols is 1. The Hall–Kier alpha value is -2.99. The molecular weight excluding hydrogens is 368 g/mol. The van der Waals surface area contributed by atoms with E-state index in [1.165, 1.54) is 19.2 Å². The first-order valence-electron chi connectivity index (χ1n) is 9.96. The Labute approximate surface area is 170 Å². The number of aromatic amines is 1. The summed E-state index contributed by atoms with van der Waals surface area (Å²) in [5, 5.41) is 10.7. The van der Waals surface area contributed by atoms with Gasteiger partial charge in [-0.1, -0.05) is 44.2 Å². The van der Waals surface area contributed by atoms with Gasteiger partial charge >= 0.3 is 0 Å². The van der Waals surface area contributed by atoms with Gasteiger partial charge in [0.25, 0.3) is 0 Å². The summed E-state index contributed by atoms with van der Waals surface area (Å²) in [5.74, 6) is 0.703. The van der Waals surface area contributed by atoms with Crippen molar-refractivity contribution in [1.29, 1.82) is 0 Å². The molecule has 0 aliphatic heterocycles. The molecule has 0 bridgehead atoms. The molecule has 2 aromatic carbocycles. The van der Waals surface area contributed by atoms with Crippen LogP contribution in [0.4, 0.5) is 0 Å². The number of pyridine rings is 1. The third-order valence-electron chi connectivity index (χ3n) is 5.07. The molecule has 2 N–H and O–H groups in total. The van der Waals surface area contributed by atoms with E-state index >= 15 is 0 Å². The van der Waals surface area contributed by atoms with Gasteiger partial charge in [0, 0.05) is 24.4 Å². The monoisotopic (exact) mass is 396 g/mol. The Bertz CT molecular complexity index is 1010. The van der Waals surface area contributed by atoms with E-state index in [-0.39, 0.29) is 16.6 Å². The highest BCUT2D eigenvalue weighted by Gasteiger charge is 2.18. The zero-order chi connectivity index (χ0) is 20.8. The van der Waals surface area contributed by atoms with Crippen LogP contribution in [0.2, 0.25) is 0 Å². The Morgan fingerprint density at radius 1 is 1.10 bits per heavy atom. The first-order chi connectivity index (χ1) is 14.1. The molecule has 6 heteroatoms. The van der Waals surface area contributed by atoms with Crippen LogP contribution in [0.15, 0.2) is 47.3 Å². The standard InChI is InChI=1S/C23H28N2O4/c1-4-25(5-2)12-9-13-29-20-15-19(27)21-18(26)14-17(16-10-7-6-8-11-16)24-22(21)23(20)28-3/h6-8,10-11,14-15,27H,4-5,9,12-13H2,1-3H3,(H,24,26). The van der Waals surface area contributed by atoms with Crippen LogP contribution in [0.5, 0.6) is 17.2 Å². The minimum Gasteiger partial charge on any atom is -0.507 e. The van der Waals surface area contributed by atoms with Crippen molar-refractivity contribution >= 4 is 10.9 Å². The Kier molecular flexibility index (Phi) is 6.77. The fraction of sp³-hybridized carbons (Fsp3) is 0.348. The van der Waals surface area contributed by atoms with Crippen molar-refractivity contribution in [2.45, 2.75) is 20.3 Å². The number of hydrogen-bond acceptors (Lipinski definition) is 5. The van der Waals surface area contributed by atoms with E-state index in [4.69, 9.17) is 9.47 Å². The van der Waals surface area contributed by atoms with Crippen molar-refractivity contribution in [2.24, 2.45) is 0 Å². The summed E-state index contributed by atoms with van der Waals surface area (Å²) in [6, 6.07) is 12.5. The molecule has 6 nitrogen and oxygen atoms in total. The van der Waals surface area contributed by atoms with Gasteiger partial charge in [0.1, 0.15) is 11.3 Å². The van der Waals surface area contributed by atoms with Crippen LogP contribution in [-0.4, -0.2) is 48.3 Å². The van der Waals surface area contributed by atoms with Gasteiger partial charge in [-0.05, 0) is 25.1 Å². The largest absolute Gasteiger partial charge is 0.507 e. The molecule has 0 aliphatic rings. The van der Waals surface area contributed by atoms with Gasteiger partial charge in [-0.3, -0.25) is 4.79 Å². The summed E-state index contributed by atoms with van der Waals surface area (Å²) in [7, 11) is 1.53. The molecule has 0 saturated carbocycles. The van der Waals surface area contributed by atoms with Crippen LogP contribution in [0, 0.1) is 0 Å². The molecule has 0 aliphatic carbocycles. The summed E-state index contributed by atoms with van der Waals surface area (Å²) < 4.78 is 11.5. The SMILES string of the molecule is CCN(CC)CCCOc1cc(O)c2c(=O)cc(-c3ccccc3)[nH]c2c1OC. The number of rotatable bonds is 9. The molecule has 1 aromatic heterocycles. The van der Waals surface area contributed by atoms with E-state index < -0.39 is 0 Å². The zero-order valence-corrected chi connectivity index (χ0v) is 17.2. The average Bonchev–Trinajstić information content (AvgIpc) is 2.74. The molecule has 3 aromatic rings. The summed E-state index contributed by atoms with van der Waals surface area (Å²) in [6.45, 7) is 7.69. The first-order valence-corrected chi connectivity index (χ1v) is 9.96. The number of hydrogen-bond donors (Lipinski definition) is 2. The van der Waals surface area contributed by atoms with Gasteiger partial charge in [-0.25, -0.2) is 0 Å². The molecular formula is C23H28N2O4. The van der Waals surface area contributed by atoms with Crippen LogP contribution >= 0.6 is 0 Å². The number of aromatic nitrogens is 1. The maximum atomic E-state index is 12.7. The van der Waals surface area contributed by atoms with Crippen LogP contribution in [-0.2, 0) is 0 Å². The zero-order valence-electron chi connectivity index (χ0n) is 17.2. The normalized spacial score (nSPS) is 11.2. The third-order valence-corrected chi connectivity index (χ3v) is 5.07. The van der Waals surface area contributed by atoms with Gasteiger partial charge in [0.15, 0.2) is 16.9 Å². The predicted octanol–water partition coefficient (Wildman–Crippen LogP) is 4.02. The molecule has 0 saturated heterocycles. The van der Waals surface area contributed by atoms with Gasteiger partial charge in [-0.2, -0.15) is 0 Å². The van der Waals surface area contributed by atoms with Crippen LogP contribution in [0.25, 0.3) is 22.2 Å². The molecule has 29 heavy (non-hydrogen) atoms. The molecule has 0 unspecified atom stereocenters. The number of fused-ring (bicyclic) bond motifs is 1. The van der Waals surface area contributed by atoms with E-state index in [1.807, 2.05) is 30.3 Å². The van der Waals surface area contributed by atoms with Gasteiger partial charge < -0.3 is 24.5 Å². The highest BCUT2D eigenvalue weighted by Crippen LogP contribution is 2.39. The van der Waals surface area contributed by atoms with Crippen molar-refractivity contribution in [3.8, 4) is 28.5 Å². The number of phenolic OH excluding ortho intramolecular Hbond substituents is 1. The van der Waals surface area contributed by atoms with Crippen LogP contribution in [0.3, 0.4) is 0 Å². The minimum absolute atomic E-state index is 0.125. The quantitative estimate of drug-likeness (QED) is 0.535. The first kappa shape index (κ1) is 20.7. The number of ether oxygens (including phenoxy) is 2. The summed E-state index contributed by atoms with van der Waals surface area (Å²) in [6.07, 6.45) is 0.851. The second kappa shape index (κ2) is 9.47. The molecule has 0 amide bonds. The van der Waals surface area contributed by atoms with Crippen molar-refractivity contribution < 1.29 is 14.6 Å². The molecule has 3 rings (SSSR count). The number of benzene rings is 2. The number of methoxy groups -OCH3 is 1. The van der Waals surface area contributed by atoms with Crippen molar-refractivity contribution in [3.05, 3.63) is 52.7 Å². The summed E-state index contributed by atoms with van der Waals surface area (Å²) >= 11 is 0. The highest BCUT2D eigenvalue weighted by atomic mass is 16.5. The second-order valence-electron chi connectivity index (χ2n) is 6.82. The number of aromatic hydroxyl groups is 1. The molecule has 1 heterocycles. The lowest BCUT2D eigenvalue weighted by molar-refractivity contribution is 0.242. The van der Waals surface area contributed by atoms with E-state index in [1.54, 1.807) is 0 Å². The maximum Gasteiger partial charge on any atom is 0.193 e. The number of H-pyrrole nitrogens is 1. The molecule has 0 atom stereocenters. The second-order valence-corrected chi connectivity index (χ2v) is 6.82. The van der Waals surface area contributed by atoms with E-state index in [9.17, 15) is 9.90 Å². The van der Waals surface area contributed by atoms with Crippen LogP contribution in [0.1, 0.15) is 20.3 Å². The fourth-order valence-electron chi connectivity index (χ4n) is 3.46. The van der Waals surface area contributed by atoms with Gasteiger partial charge in [0.05, 0.1) is 19.1 Å². The average molecular weight is 396 g/mol. The Morgan fingerprint density at radius 2 is 1.83 bits per heavy atom. The topological polar surface area (TPSA) is 74.8 Å². The highest BCUT2D eigenvalue weighted by molar-refractivity contribution is 5.93.